The molecule has 110 valence electrons. The van der Waals surface area contributed by atoms with Gasteiger partial charge in [0.2, 0.25) is 0 Å². The summed E-state index contributed by atoms with van der Waals surface area (Å²) in [7, 11) is 0. The summed E-state index contributed by atoms with van der Waals surface area (Å²) in [6, 6.07) is 0.588. The Hall–Kier alpha value is -0.870. The zero-order valence-corrected chi connectivity index (χ0v) is 13.2. The molecule has 1 aliphatic rings. The number of nitrogens with zero attached hydrogens (tertiary/aromatic N) is 2. The number of hydrogen-bond donors (Lipinski definition) is 1. The van der Waals surface area contributed by atoms with Crippen LogP contribution in [0.2, 0.25) is 0 Å². The zero-order valence-electron chi connectivity index (χ0n) is 12.3. The van der Waals surface area contributed by atoms with E-state index in [2.05, 4.69) is 34.4 Å². The Balaban J connectivity index is 1.56. The highest BCUT2D eigenvalue weighted by atomic mass is 32.1. The predicted octanol–water partition coefficient (Wildman–Crippen LogP) is 3.89. The van der Waals surface area contributed by atoms with Crippen LogP contribution in [0.25, 0.3) is 4.96 Å². The highest BCUT2D eigenvalue weighted by molar-refractivity contribution is 7.15. The topological polar surface area (TPSA) is 29.3 Å². The summed E-state index contributed by atoms with van der Waals surface area (Å²) in [4.78, 5) is 5.83. The van der Waals surface area contributed by atoms with E-state index in [9.17, 15) is 0 Å². The highest BCUT2D eigenvalue weighted by Gasteiger charge is 2.18. The average molecular weight is 291 g/mol. The molecule has 1 fully saturated rings. The lowest BCUT2D eigenvalue weighted by molar-refractivity contribution is 0.406. The van der Waals surface area contributed by atoms with Crippen molar-refractivity contribution in [2.75, 3.05) is 6.54 Å². The summed E-state index contributed by atoms with van der Waals surface area (Å²) in [5.74, 6) is 0.988. The molecule has 1 atom stereocenters. The van der Waals surface area contributed by atoms with E-state index in [1.54, 1.807) is 11.3 Å². The van der Waals surface area contributed by atoms with Crippen LogP contribution in [-0.2, 0) is 6.42 Å². The molecule has 3 nitrogen and oxygen atoms in total. The molecule has 0 aromatic carbocycles. The first-order chi connectivity index (χ1) is 9.85. The molecule has 0 spiro atoms. The van der Waals surface area contributed by atoms with Gasteiger partial charge < -0.3 is 5.32 Å². The molecule has 1 saturated carbocycles. The fraction of sp³-hybridized carbons (Fsp3) is 0.688. The van der Waals surface area contributed by atoms with Crippen molar-refractivity contribution in [3.8, 4) is 0 Å². The largest absolute Gasteiger partial charge is 0.314 e. The van der Waals surface area contributed by atoms with Gasteiger partial charge in [0, 0.05) is 30.2 Å². The maximum Gasteiger partial charge on any atom is 0.193 e. The lowest BCUT2D eigenvalue weighted by Gasteiger charge is -2.18. The van der Waals surface area contributed by atoms with Gasteiger partial charge in [-0.05, 0) is 25.3 Å². The molecule has 2 aromatic rings. The van der Waals surface area contributed by atoms with Crippen molar-refractivity contribution in [2.24, 2.45) is 5.92 Å². The number of hydrogen-bond acceptors (Lipinski definition) is 3. The minimum absolute atomic E-state index is 0.588. The van der Waals surface area contributed by atoms with Crippen molar-refractivity contribution >= 4 is 16.3 Å². The quantitative estimate of drug-likeness (QED) is 0.838. The Kier molecular flexibility index (Phi) is 4.73. The fourth-order valence-corrected chi connectivity index (χ4v) is 4.15. The van der Waals surface area contributed by atoms with Crippen LogP contribution in [0.3, 0.4) is 0 Å². The molecule has 0 bridgehead atoms. The number of aromatic nitrogens is 2. The van der Waals surface area contributed by atoms with Crippen LogP contribution in [0, 0.1) is 5.92 Å². The molecule has 20 heavy (non-hydrogen) atoms. The predicted molar refractivity (Wildman–Crippen MR) is 85.4 cm³/mol. The summed E-state index contributed by atoms with van der Waals surface area (Å²) < 4.78 is 2.14. The summed E-state index contributed by atoms with van der Waals surface area (Å²) in [5, 5.41) is 5.74. The Labute approximate surface area is 125 Å². The van der Waals surface area contributed by atoms with Gasteiger partial charge in [-0.2, -0.15) is 0 Å². The second kappa shape index (κ2) is 6.72. The van der Waals surface area contributed by atoms with E-state index in [1.165, 1.54) is 44.2 Å². The van der Waals surface area contributed by atoms with Gasteiger partial charge in [0.25, 0.3) is 0 Å². The van der Waals surface area contributed by atoms with Gasteiger partial charge in [-0.25, -0.2) is 4.98 Å². The molecule has 0 saturated heterocycles. The van der Waals surface area contributed by atoms with Crippen molar-refractivity contribution in [1.82, 2.24) is 14.7 Å². The smallest absolute Gasteiger partial charge is 0.193 e. The summed E-state index contributed by atoms with van der Waals surface area (Å²) >= 11 is 1.71. The fourth-order valence-electron chi connectivity index (χ4n) is 3.43. The third kappa shape index (κ3) is 3.41. The molecule has 0 aliphatic heterocycles. The molecule has 4 heteroatoms. The van der Waals surface area contributed by atoms with Crippen LogP contribution in [0.4, 0.5) is 0 Å². The van der Waals surface area contributed by atoms with E-state index >= 15 is 0 Å². The Morgan fingerprint density at radius 1 is 1.45 bits per heavy atom. The minimum Gasteiger partial charge on any atom is -0.314 e. The highest BCUT2D eigenvalue weighted by Crippen LogP contribution is 2.29. The molecular weight excluding hydrogens is 266 g/mol. The van der Waals surface area contributed by atoms with Gasteiger partial charge >= 0.3 is 0 Å². The van der Waals surface area contributed by atoms with Crippen molar-refractivity contribution < 1.29 is 0 Å². The summed E-state index contributed by atoms with van der Waals surface area (Å²) in [6.45, 7) is 3.26. The molecule has 0 amide bonds. The van der Waals surface area contributed by atoms with Gasteiger partial charge in [0.1, 0.15) is 0 Å². The molecule has 0 radical (unpaired) electrons. The number of imidazole rings is 1. The van der Waals surface area contributed by atoms with Gasteiger partial charge in [0.05, 0.1) is 5.69 Å². The Bertz CT molecular complexity index is 496. The van der Waals surface area contributed by atoms with E-state index in [4.69, 9.17) is 4.98 Å². The molecule has 1 unspecified atom stereocenters. The summed E-state index contributed by atoms with van der Waals surface area (Å²) in [5.41, 5.74) is 1.23. The van der Waals surface area contributed by atoms with E-state index in [-0.39, 0.29) is 0 Å². The van der Waals surface area contributed by atoms with Crippen LogP contribution in [-0.4, -0.2) is 22.0 Å². The van der Waals surface area contributed by atoms with Crippen LogP contribution in [0.1, 0.15) is 51.1 Å². The number of fused-ring (bicyclic) bond motifs is 1. The van der Waals surface area contributed by atoms with Gasteiger partial charge in [-0.3, -0.25) is 4.40 Å². The van der Waals surface area contributed by atoms with Crippen LogP contribution < -0.4 is 5.32 Å². The first-order valence-corrected chi connectivity index (χ1v) is 8.87. The molecular formula is C16H25N3S. The van der Waals surface area contributed by atoms with Crippen LogP contribution in [0.15, 0.2) is 17.8 Å². The van der Waals surface area contributed by atoms with Crippen molar-refractivity contribution in [1.29, 1.82) is 0 Å². The first-order valence-electron chi connectivity index (χ1n) is 7.99. The lowest BCUT2D eigenvalue weighted by atomic mass is 9.96. The standard InChI is InChI=1S/C16H25N3S/c1-2-17-14(8-7-13-5-3-4-6-13)11-15-12-19-9-10-20-16(19)18-15/h9-10,12-14,17H,2-8,11H2,1H3. The molecule has 1 aliphatic carbocycles. The SMILES string of the molecule is CCNC(CCC1CCCC1)Cc1cn2ccsc2n1. The third-order valence-electron chi connectivity index (χ3n) is 4.49. The van der Waals surface area contributed by atoms with E-state index in [0.29, 0.717) is 6.04 Å². The monoisotopic (exact) mass is 291 g/mol. The molecule has 1 N–H and O–H groups in total. The number of likely N-dealkylation sites (N-methyl/N-ethyl adjacent to an activating group) is 1. The van der Waals surface area contributed by atoms with Crippen molar-refractivity contribution in [3.63, 3.8) is 0 Å². The number of rotatable bonds is 7. The Morgan fingerprint density at radius 2 is 2.30 bits per heavy atom. The van der Waals surface area contributed by atoms with Crippen molar-refractivity contribution in [2.45, 2.75) is 57.9 Å². The normalized spacial score (nSPS) is 18.1. The molecule has 2 heterocycles. The van der Waals surface area contributed by atoms with Gasteiger partial charge in [0.15, 0.2) is 4.96 Å². The van der Waals surface area contributed by atoms with Crippen LogP contribution in [0.5, 0.6) is 0 Å². The van der Waals surface area contributed by atoms with Gasteiger partial charge in [-0.1, -0.05) is 32.6 Å². The van der Waals surface area contributed by atoms with Gasteiger partial charge in [-0.15, -0.1) is 11.3 Å². The summed E-state index contributed by atoms with van der Waals surface area (Å²) in [6.07, 6.45) is 13.8. The van der Waals surface area contributed by atoms with Crippen LogP contribution >= 0.6 is 11.3 Å². The molecule has 2 aromatic heterocycles. The maximum absolute atomic E-state index is 4.72. The average Bonchev–Trinajstić information content (AvgIpc) is 3.12. The minimum atomic E-state index is 0.588. The second-order valence-corrected chi connectivity index (χ2v) is 6.88. The van der Waals surface area contributed by atoms with Crippen molar-refractivity contribution in [3.05, 3.63) is 23.5 Å². The number of thiazole rings is 1. The maximum atomic E-state index is 4.72. The zero-order chi connectivity index (χ0) is 13.8. The Morgan fingerprint density at radius 3 is 3.05 bits per heavy atom. The second-order valence-electron chi connectivity index (χ2n) is 6.01. The lowest BCUT2D eigenvalue weighted by Crippen LogP contribution is -2.31. The first kappa shape index (κ1) is 14.1. The van der Waals surface area contributed by atoms with E-state index in [1.807, 2.05) is 0 Å². The third-order valence-corrected chi connectivity index (χ3v) is 5.26. The molecule has 3 rings (SSSR count). The number of nitrogens with one attached hydrogen (secondary N) is 1. The van der Waals surface area contributed by atoms with E-state index < -0.39 is 0 Å². The van der Waals surface area contributed by atoms with E-state index in [0.717, 1.165) is 23.8 Å².